The Bertz CT molecular complexity index is 2180. The molecule has 2 N–H and O–H groups in total. The van der Waals surface area contributed by atoms with Crippen molar-refractivity contribution in [3.63, 3.8) is 0 Å². The van der Waals surface area contributed by atoms with E-state index in [1.54, 1.807) is 31.3 Å². The molecule has 9 rings (SSSR count). The molecule has 12 heteroatoms. The average molecular weight is 650 g/mol. The Morgan fingerprint density at radius 2 is 1.98 bits per heavy atom. The summed E-state index contributed by atoms with van der Waals surface area (Å²) in [4.78, 5) is 14.5. The van der Waals surface area contributed by atoms with Crippen molar-refractivity contribution < 1.29 is 24.1 Å². The molecular weight excluding hydrogens is 613 g/mol. The lowest BCUT2D eigenvalue weighted by atomic mass is 9.78. The zero-order chi connectivity index (χ0) is 32.9. The number of nitrogens with zero attached hydrogens (tertiary/aromatic N) is 7. The zero-order valence-electron chi connectivity index (χ0n) is 26.9. The highest BCUT2D eigenvalue weighted by molar-refractivity contribution is 6.11. The van der Waals surface area contributed by atoms with Crippen LogP contribution in [0.25, 0.3) is 38.4 Å². The molecule has 2 aromatic carbocycles. The molecule has 5 heterocycles. The minimum atomic E-state index is -1.13. The number of aromatic hydroxyl groups is 1. The van der Waals surface area contributed by atoms with Crippen molar-refractivity contribution in [1.29, 1.82) is 5.26 Å². The van der Waals surface area contributed by atoms with E-state index in [1.807, 2.05) is 22.4 Å². The van der Waals surface area contributed by atoms with Crippen molar-refractivity contribution in [3.8, 4) is 29.1 Å². The van der Waals surface area contributed by atoms with Gasteiger partial charge in [-0.2, -0.15) is 20.3 Å². The van der Waals surface area contributed by atoms with Gasteiger partial charge in [0, 0.05) is 54.2 Å². The summed E-state index contributed by atoms with van der Waals surface area (Å²) >= 11 is 0. The number of aliphatic hydroxyl groups is 1. The van der Waals surface area contributed by atoms with Gasteiger partial charge in [0.2, 0.25) is 0 Å². The second-order valence-electron chi connectivity index (χ2n) is 14.5. The van der Waals surface area contributed by atoms with E-state index in [0.29, 0.717) is 42.2 Å². The minimum absolute atomic E-state index is 0.0175. The topological polar surface area (TPSA) is 132 Å². The van der Waals surface area contributed by atoms with Crippen molar-refractivity contribution in [3.05, 3.63) is 53.5 Å². The summed E-state index contributed by atoms with van der Waals surface area (Å²) in [5, 5.41) is 38.2. The quantitative estimate of drug-likeness (QED) is 0.269. The molecule has 0 spiro atoms. The second-order valence-corrected chi connectivity index (χ2v) is 14.5. The number of anilines is 1. The predicted molar refractivity (Wildman–Crippen MR) is 177 cm³/mol. The first-order valence-corrected chi connectivity index (χ1v) is 16.6. The van der Waals surface area contributed by atoms with E-state index in [0.717, 1.165) is 65.4 Å². The number of phenolic OH excluding ortho intramolecular Hbond substituents is 1. The van der Waals surface area contributed by atoms with Crippen LogP contribution in [-0.4, -0.2) is 92.8 Å². The van der Waals surface area contributed by atoms with Crippen molar-refractivity contribution in [2.24, 2.45) is 11.3 Å². The first-order chi connectivity index (χ1) is 23.1. The Labute approximate surface area is 276 Å². The van der Waals surface area contributed by atoms with Crippen LogP contribution in [-0.2, 0) is 4.74 Å². The Morgan fingerprint density at radius 3 is 2.77 bits per heavy atom. The number of rotatable bonds is 6. The molecule has 48 heavy (non-hydrogen) atoms. The van der Waals surface area contributed by atoms with Gasteiger partial charge in [0.1, 0.15) is 23.0 Å². The van der Waals surface area contributed by atoms with Gasteiger partial charge in [0.05, 0.1) is 66.7 Å². The van der Waals surface area contributed by atoms with E-state index in [9.17, 15) is 15.5 Å². The first kappa shape index (κ1) is 29.6. The van der Waals surface area contributed by atoms with E-state index in [-0.39, 0.29) is 42.1 Å². The number of nitriles is 1. The average Bonchev–Trinajstić information content (AvgIpc) is 3.69. The number of likely N-dealkylation sites (tertiary alicyclic amines) is 1. The third kappa shape index (κ3) is 4.59. The van der Waals surface area contributed by atoms with Crippen LogP contribution in [0.2, 0.25) is 0 Å². The lowest BCUT2D eigenvalue weighted by molar-refractivity contribution is -0.0123. The highest BCUT2D eigenvalue weighted by Crippen LogP contribution is 2.51. The third-order valence-electron chi connectivity index (χ3n) is 10.6. The molecule has 3 fully saturated rings. The first-order valence-electron chi connectivity index (χ1n) is 16.6. The van der Waals surface area contributed by atoms with Crippen molar-refractivity contribution >= 4 is 33.0 Å². The lowest BCUT2D eigenvalue weighted by Gasteiger charge is -2.37. The summed E-state index contributed by atoms with van der Waals surface area (Å²) < 4.78 is 30.0. The van der Waals surface area contributed by atoms with Crippen molar-refractivity contribution in [2.75, 3.05) is 57.4 Å². The van der Waals surface area contributed by atoms with Crippen LogP contribution < -0.4 is 9.64 Å². The maximum atomic E-state index is 15.8. The summed E-state index contributed by atoms with van der Waals surface area (Å²) in [7, 11) is 0. The molecule has 5 aromatic rings. The Morgan fingerprint density at radius 1 is 1.15 bits per heavy atom. The number of hydrogen-bond donors (Lipinski definition) is 2. The molecule has 1 unspecified atom stereocenters. The van der Waals surface area contributed by atoms with Gasteiger partial charge in [-0.15, -0.1) is 0 Å². The molecule has 1 saturated carbocycles. The molecular formula is C36H36FN7O4. The van der Waals surface area contributed by atoms with Crippen molar-refractivity contribution in [2.45, 2.75) is 38.2 Å². The summed E-state index contributed by atoms with van der Waals surface area (Å²) in [6.07, 6.45) is 3.78. The minimum Gasteiger partial charge on any atom is -0.508 e. The number of aromatic nitrogens is 4. The van der Waals surface area contributed by atoms with Crippen LogP contribution in [0, 0.1) is 28.5 Å². The molecule has 2 saturated heterocycles. The van der Waals surface area contributed by atoms with Crippen LogP contribution in [0.5, 0.6) is 11.8 Å². The molecule has 2 aliphatic heterocycles. The SMILES string of the molecule is CC1c2c(n3nccc3c3c(N4CCOC[C@@](C)(O)C4)nc(OCC4(CN5CC(C#N)C5)CC4)nc23)-c2cc(O)cc3ccc(F)c1c23. The van der Waals surface area contributed by atoms with E-state index in [2.05, 4.69) is 11.0 Å². The number of phenols is 1. The molecule has 2 aliphatic carbocycles. The van der Waals surface area contributed by atoms with Crippen LogP contribution in [0.4, 0.5) is 10.2 Å². The summed E-state index contributed by atoms with van der Waals surface area (Å²) in [5.74, 6) is 0.0175. The molecule has 0 bridgehead atoms. The van der Waals surface area contributed by atoms with Crippen LogP contribution in [0.1, 0.15) is 43.7 Å². The van der Waals surface area contributed by atoms with Crippen molar-refractivity contribution in [1.82, 2.24) is 24.5 Å². The normalized spacial score (nSPS) is 23.6. The Balaban J connectivity index is 1.25. The maximum Gasteiger partial charge on any atom is 0.318 e. The van der Waals surface area contributed by atoms with Gasteiger partial charge in [-0.1, -0.05) is 13.0 Å². The monoisotopic (exact) mass is 649 g/mol. The fourth-order valence-electron chi connectivity index (χ4n) is 8.11. The molecule has 0 amide bonds. The smallest absolute Gasteiger partial charge is 0.318 e. The molecule has 4 aliphatic rings. The summed E-state index contributed by atoms with van der Waals surface area (Å²) in [5.41, 5.74) is 2.94. The number of benzene rings is 2. The third-order valence-corrected chi connectivity index (χ3v) is 10.6. The molecule has 11 nitrogen and oxygen atoms in total. The fraction of sp³-hybridized carbons (Fsp3) is 0.444. The van der Waals surface area contributed by atoms with Crippen LogP contribution in [0.15, 0.2) is 36.5 Å². The molecule has 246 valence electrons. The number of pyridine rings is 1. The zero-order valence-corrected chi connectivity index (χ0v) is 26.9. The molecule has 0 radical (unpaired) electrons. The molecule has 3 aromatic heterocycles. The number of fused-ring (bicyclic) bond motifs is 7. The van der Waals surface area contributed by atoms with Gasteiger partial charge in [-0.3, -0.25) is 4.90 Å². The predicted octanol–water partition coefficient (Wildman–Crippen LogP) is 4.61. The standard InChI is InChI=1S/C36H36FN7O4/c1-20-27-25(37)4-3-22-11-23(45)12-24(29(22)27)32-28(20)31-30(26-5-8-39-44(26)32)33(43-9-10-47-18-35(2,46)16-43)41-34(40-31)48-19-36(6-7-36)17-42-14-21(13-38)15-42/h3-5,8,11-12,20-21,45-46H,6-7,9-10,14-19H2,1-2H3/t20?,35-/m0/s1. The summed E-state index contributed by atoms with van der Waals surface area (Å²) in [6.45, 7) is 7.96. The fourth-order valence-corrected chi connectivity index (χ4v) is 8.11. The van der Waals surface area contributed by atoms with Gasteiger partial charge in [0.25, 0.3) is 0 Å². The Hall–Kier alpha value is -4.57. The van der Waals surface area contributed by atoms with Crippen LogP contribution >= 0.6 is 0 Å². The Kier molecular flexibility index (Phi) is 6.44. The number of ether oxygens (including phenoxy) is 2. The van der Waals surface area contributed by atoms with E-state index < -0.39 is 11.5 Å². The molecule has 2 atom stereocenters. The van der Waals surface area contributed by atoms with E-state index >= 15 is 4.39 Å². The van der Waals surface area contributed by atoms with Gasteiger partial charge in [-0.05, 0) is 54.8 Å². The summed E-state index contributed by atoms with van der Waals surface area (Å²) in [6, 6.07) is 11.0. The van der Waals surface area contributed by atoms with E-state index in [1.165, 1.54) is 6.07 Å². The van der Waals surface area contributed by atoms with Gasteiger partial charge in [0.15, 0.2) is 0 Å². The number of β-amino-alcohol motifs (C(OH)–C–C–N with tert-alkyl or cyclic N) is 1. The van der Waals surface area contributed by atoms with Gasteiger partial charge >= 0.3 is 6.01 Å². The number of halogens is 1. The lowest BCUT2D eigenvalue weighted by Crippen LogP contribution is -2.49. The van der Waals surface area contributed by atoms with Gasteiger partial charge in [-0.25, -0.2) is 8.91 Å². The van der Waals surface area contributed by atoms with Gasteiger partial charge < -0.3 is 24.6 Å². The number of hydrogen-bond acceptors (Lipinski definition) is 10. The maximum absolute atomic E-state index is 15.8. The van der Waals surface area contributed by atoms with Crippen LogP contribution in [0.3, 0.4) is 0 Å². The van der Waals surface area contributed by atoms with E-state index in [4.69, 9.17) is 24.5 Å². The second kappa shape index (κ2) is 10.5. The highest BCUT2D eigenvalue weighted by Gasteiger charge is 2.47. The largest absolute Gasteiger partial charge is 0.508 e. The highest BCUT2D eigenvalue weighted by atomic mass is 19.1.